The molecule has 234 valence electrons. The first-order valence-electron chi connectivity index (χ1n) is 15.6. The molecule has 1 heterocycles. The molecule has 2 aromatic rings. The summed E-state index contributed by atoms with van der Waals surface area (Å²) < 4.78 is 11.5. The molecule has 2 fully saturated rings. The number of anilines is 1. The van der Waals surface area contributed by atoms with Crippen LogP contribution in [-0.2, 0) is 16.0 Å². The molecular formula is C34H47N3O6. The van der Waals surface area contributed by atoms with Gasteiger partial charge in [0.25, 0.3) is 5.91 Å². The van der Waals surface area contributed by atoms with Gasteiger partial charge in [-0.1, -0.05) is 49.6 Å². The van der Waals surface area contributed by atoms with Crippen LogP contribution in [0.1, 0.15) is 88.6 Å². The lowest BCUT2D eigenvalue weighted by Gasteiger charge is -2.38. The van der Waals surface area contributed by atoms with E-state index in [2.05, 4.69) is 5.32 Å². The van der Waals surface area contributed by atoms with Gasteiger partial charge in [0.05, 0.1) is 25.3 Å². The molecule has 9 heteroatoms. The van der Waals surface area contributed by atoms with Crippen molar-refractivity contribution in [2.45, 2.75) is 103 Å². The van der Waals surface area contributed by atoms with E-state index in [4.69, 9.17) is 9.47 Å². The minimum atomic E-state index is -1.06. The summed E-state index contributed by atoms with van der Waals surface area (Å²) in [6, 6.07) is 14.1. The fraction of sp³-hybridized carbons (Fsp3) is 0.559. The number of ether oxygens (including phenoxy) is 2. The lowest BCUT2D eigenvalue weighted by molar-refractivity contribution is -0.117. The zero-order chi connectivity index (χ0) is 31.0. The van der Waals surface area contributed by atoms with E-state index in [1.807, 2.05) is 58.0 Å². The van der Waals surface area contributed by atoms with Crippen LogP contribution in [0.2, 0.25) is 0 Å². The first-order chi connectivity index (χ1) is 20.5. The third-order valence-electron chi connectivity index (χ3n) is 7.96. The maximum absolute atomic E-state index is 13.8. The number of aliphatic hydroxyl groups is 1. The van der Waals surface area contributed by atoms with Crippen LogP contribution in [0.3, 0.4) is 0 Å². The fourth-order valence-corrected chi connectivity index (χ4v) is 5.86. The van der Waals surface area contributed by atoms with Crippen molar-refractivity contribution in [1.82, 2.24) is 10.2 Å². The molecule has 3 amide bonds. The lowest BCUT2D eigenvalue weighted by atomic mass is 9.93. The Labute approximate surface area is 255 Å². The first kappa shape index (κ1) is 32.3. The quantitative estimate of drug-likeness (QED) is 0.357. The van der Waals surface area contributed by atoms with Gasteiger partial charge in [0.2, 0.25) is 5.91 Å². The number of aliphatic hydroxyl groups excluding tert-OH is 1. The molecular weight excluding hydrogens is 546 g/mol. The predicted octanol–water partition coefficient (Wildman–Crippen LogP) is 5.48. The topological polar surface area (TPSA) is 108 Å². The summed E-state index contributed by atoms with van der Waals surface area (Å²) in [6.45, 7) is 8.39. The van der Waals surface area contributed by atoms with Crippen molar-refractivity contribution in [2.24, 2.45) is 0 Å². The molecule has 1 aliphatic carbocycles. The van der Waals surface area contributed by atoms with E-state index in [0.29, 0.717) is 43.0 Å². The predicted molar refractivity (Wildman–Crippen MR) is 166 cm³/mol. The number of amides is 3. The minimum Gasteiger partial charge on any atom is -0.494 e. The van der Waals surface area contributed by atoms with Crippen molar-refractivity contribution >= 4 is 23.6 Å². The van der Waals surface area contributed by atoms with Crippen molar-refractivity contribution in [1.29, 1.82) is 0 Å². The monoisotopic (exact) mass is 593 g/mol. The second-order valence-electron chi connectivity index (χ2n) is 12.6. The van der Waals surface area contributed by atoms with Crippen LogP contribution >= 0.6 is 0 Å². The Hall–Kier alpha value is -3.59. The summed E-state index contributed by atoms with van der Waals surface area (Å²) in [5.41, 5.74) is 1.22. The zero-order valence-electron chi connectivity index (χ0n) is 26.0. The highest BCUT2D eigenvalue weighted by Gasteiger charge is 2.34. The number of rotatable bonds is 11. The Balaban J connectivity index is 1.60. The summed E-state index contributed by atoms with van der Waals surface area (Å²) >= 11 is 0. The molecule has 0 bridgehead atoms. The van der Waals surface area contributed by atoms with Crippen molar-refractivity contribution in [3.8, 4) is 5.75 Å². The molecule has 1 saturated carbocycles. The van der Waals surface area contributed by atoms with Gasteiger partial charge in [0, 0.05) is 36.3 Å². The maximum atomic E-state index is 13.8. The van der Waals surface area contributed by atoms with E-state index in [1.54, 1.807) is 28.0 Å². The second-order valence-corrected chi connectivity index (χ2v) is 12.6. The van der Waals surface area contributed by atoms with Crippen LogP contribution in [0.5, 0.6) is 5.75 Å². The Kier molecular flexibility index (Phi) is 11.1. The van der Waals surface area contributed by atoms with Gasteiger partial charge in [0.1, 0.15) is 11.4 Å². The smallest absolute Gasteiger partial charge is 0.410 e. The molecule has 2 N–H and O–H groups in total. The molecule has 0 aromatic heterocycles. The molecule has 2 aliphatic rings. The highest BCUT2D eigenvalue weighted by molar-refractivity contribution is 5.99. The van der Waals surface area contributed by atoms with Crippen molar-refractivity contribution in [3.63, 3.8) is 0 Å². The molecule has 1 aliphatic heterocycles. The summed E-state index contributed by atoms with van der Waals surface area (Å²) in [7, 11) is 0. The third kappa shape index (κ3) is 9.20. The molecule has 0 radical (unpaired) electrons. The van der Waals surface area contributed by atoms with Crippen LogP contribution in [0, 0.1) is 0 Å². The van der Waals surface area contributed by atoms with Crippen LogP contribution in [0.4, 0.5) is 10.5 Å². The van der Waals surface area contributed by atoms with Crippen LogP contribution in [0.15, 0.2) is 48.5 Å². The Morgan fingerprint density at radius 2 is 1.79 bits per heavy atom. The van der Waals surface area contributed by atoms with E-state index in [0.717, 1.165) is 44.1 Å². The van der Waals surface area contributed by atoms with Gasteiger partial charge in [-0.3, -0.25) is 9.59 Å². The summed E-state index contributed by atoms with van der Waals surface area (Å²) in [4.78, 5) is 43.0. The average Bonchev–Trinajstić information content (AvgIpc) is 3.41. The van der Waals surface area contributed by atoms with E-state index in [1.165, 1.54) is 0 Å². The number of carbonyl (C=O) groups excluding carboxylic acids is 3. The van der Waals surface area contributed by atoms with Gasteiger partial charge >= 0.3 is 6.09 Å². The zero-order valence-corrected chi connectivity index (χ0v) is 26.0. The van der Waals surface area contributed by atoms with Crippen molar-refractivity contribution < 1.29 is 29.0 Å². The number of nitrogens with zero attached hydrogens (tertiary/aromatic N) is 2. The molecule has 0 spiro atoms. The first-order valence-corrected chi connectivity index (χ1v) is 15.6. The Morgan fingerprint density at radius 3 is 2.42 bits per heavy atom. The van der Waals surface area contributed by atoms with Gasteiger partial charge in [-0.25, -0.2) is 4.79 Å². The van der Waals surface area contributed by atoms with Gasteiger partial charge in [0.15, 0.2) is 0 Å². The minimum absolute atomic E-state index is 0.0160. The number of benzene rings is 2. The van der Waals surface area contributed by atoms with E-state index in [-0.39, 0.29) is 18.5 Å². The summed E-state index contributed by atoms with van der Waals surface area (Å²) in [6.07, 6.45) is 4.95. The Bertz CT molecular complexity index is 1240. The largest absolute Gasteiger partial charge is 0.494 e. The Morgan fingerprint density at radius 1 is 1.07 bits per heavy atom. The van der Waals surface area contributed by atoms with Gasteiger partial charge in [-0.05, 0) is 71.1 Å². The molecule has 43 heavy (non-hydrogen) atoms. The van der Waals surface area contributed by atoms with Crippen LogP contribution in [-0.4, -0.2) is 71.4 Å². The van der Waals surface area contributed by atoms with E-state index in [9.17, 15) is 19.5 Å². The molecule has 4 rings (SSSR count). The lowest BCUT2D eigenvalue weighted by Crippen LogP contribution is -2.53. The van der Waals surface area contributed by atoms with E-state index < -0.39 is 29.7 Å². The number of hydrogen-bond acceptors (Lipinski definition) is 6. The normalized spacial score (nSPS) is 17.3. The molecule has 1 saturated heterocycles. The van der Waals surface area contributed by atoms with Crippen LogP contribution < -0.4 is 15.0 Å². The fourth-order valence-electron chi connectivity index (χ4n) is 5.86. The highest BCUT2D eigenvalue weighted by Crippen LogP contribution is 2.29. The number of hydrogen-bond donors (Lipinski definition) is 2. The molecule has 2 aromatic carbocycles. The SMILES string of the molecule is CCOc1cc(C(=O)N[C@@H](Cc2ccccc2)C(O)CN(C(=O)OC(C)(C)C)C2CCCCC2)cc(N2CCCC2=O)c1. The highest BCUT2D eigenvalue weighted by atomic mass is 16.6. The number of nitrogens with one attached hydrogen (secondary N) is 1. The van der Waals surface area contributed by atoms with E-state index >= 15 is 0 Å². The van der Waals surface area contributed by atoms with Gasteiger partial charge in [-0.2, -0.15) is 0 Å². The number of carbonyl (C=O) groups is 3. The summed E-state index contributed by atoms with van der Waals surface area (Å²) in [5, 5.41) is 14.7. The maximum Gasteiger partial charge on any atom is 0.410 e. The van der Waals surface area contributed by atoms with Crippen molar-refractivity contribution in [3.05, 3.63) is 59.7 Å². The van der Waals surface area contributed by atoms with Crippen LogP contribution in [0.25, 0.3) is 0 Å². The van der Waals surface area contributed by atoms with Gasteiger partial charge < -0.3 is 29.7 Å². The third-order valence-corrected chi connectivity index (χ3v) is 7.96. The molecule has 1 unspecified atom stereocenters. The standard InChI is InChI=1S/C34H47N3O6/c1-5-42-28-21-25(20-27(22-28)36-18-12-17-31(36)39)32(40)35-29(19-24-13-8-6-9-14-24)30(38)23-37(26-15-10-7-11-16-26)33(41)43-34(2,3)4/h6,8-9,13-14,20-22,26,29-30,38H,5,7,10-12,15-19,23H2,1-4H3,(H,35,40)/t29-,30?/m0/s1. The van der Waals surface area contributed by atoms with Crippen molar-refractivity contribution in [2.75, 3.05) is 24.6 Å². The second kappa shape index (κ2) is 14.7. The summed E-state index contributed by atoms with van der Waals surface area (Å²) in [5.74, 6) is 0.122. The molecule has 9 nitrogen and oxygen atoms in total. The molecule has 2 atom stereocenters. The van der Waals surface area contributed by atoms with Gasteiger partial charge in [-0.15, -0.1) is 0 Å². The average molecular weight is 594 g/mol.